The van der Waals surface area contributed by atoms with Crippen molar-refractivity contribution in [3.05, 3.63) is 29.3 Å². The Labute approximate surface area is 147 Å². The summed E-state index contributed by atoms with van der Waals surface area (Å²) < 4.78 is 4.69. The fourth-order valence-corrected chi connectivity index (χ4v) is 2.87. The Bertz CT molecular complexity index is 885. The van der Waals surface area contributed by atoms with E-state index in [0.29, 0.717) is 0 Å². The lowest BCUT2D eigenvalue weighted by molar-refractivity contribution is -0.136. The van der Waals surface area contributed by atoms with Gasteiger partial charge in [0, 0.05) is 6.42 Å². The maximum absolute atomic E-state index is 12.8. The zero-order valence-electron chi connectivity index (χ0n) is 13.4. The molecule has 0 aliphatic carbocycles. The van der Waals surface area contributed by atoms with E-state index >= 15 is 0 Å². The quantitative estimate of drug-likeness (QED) is 0.593. The predicted molar refractivity (Wildman–Crippen MR) is 86.9 cm³/mol. The van der Waals surface area contributed by atoms with E-state index in [1.807, 2.05) is 0 Å². The summed E-state index contributed by atoms with van der Waals surface area (Å²) in [6, 6.07) is 3.24. The van der Waals surface area contributed by atoms with Crippen molar-refractivity contribution in [1.29, 1.82) is 0 Å². The van der Waals surface area contributed by atoms with Crippen LogP contribution in [0, 0.1) is 12.3 Å². The van der Waals surface area contributed by atoms with Crippen LogP contribution in [0.5, 0.6) is 0 Å². The molecule has 9 nitrogen and oxygen atoms in total. The van der Waals surface area contributed by atoms with Crippen molar-refractivity contribution in [2.75, 3.05) is 11.9 Å². The molecular weight excluding hydrogens is 342 g/mol. The highest BCUT2D eigenvalue weighted by Gasteiger charge is 2.45. The van der Waals surface area contributed by atoms with Gasteiger partial charge in [-0.1, -0.05) is 12.0 Å². The molecule has 2 N–H and O–H groups in total. The second-order valence-corrected chi connectivity index (χ2v) is 5.58. The minimum atomic E-state index is -1.08. The van der Waals surface area contributed by atoms with Gasteiger partial charge in [0.25, 0.3) is 11.8 Å². The molecule has 0 spiro atoms. The smallest absolute Gasteiger partial charge is 0.412 e. The fourth-order valence-electron chi connectivity index (χ4n) is 2.87. The molecule has 1 saturated heterocycles. The Morgan fingerprint density at radius 3 is 2.77 bits per heavy atom. The maximum atomic E-state index is 12.8. The van der Waals surface area contributed by atoms with E-state index in [2.05, 4.69) is 16.6 Å². The number of hydrogen-bond donors (Lipinski definition) is 2. The second-order valence-electron chi connectivity index (χ2n) is 5.58. The zero-order valence-corrected chi connectivity index (χ0v) is 13.4. The molecule has 3 rings (SSSR count). The van der Waals surface area contributed by atoms with Gasteiger partial charge in [0.15, 0.2) is 6.61 Å². The molecular formula is C17H13N3O6. The number of amides is 5. The third-order valence-electron chi connectivity index (χ3n) is 3.99. The molecule has 1 aromatic rings. The highest BCUT2D eigenvalue weighted by atomic mass is 16.5. The van der Waals surface area contributed by atoms with E-state index in [4.69, 9.17) is 11.2 Å². The van der Waals surface area contributed by atoms with Crippen LogP contribution in [0.3, 0.4) is 0 Å². The van der Waals surface area contributed by atoms with Crippen LogP contribution in [0.1, 0.15) is 33.6 Å². The molecule has 2 aliphatic rings. The molecule has 0 aromatic heterocycles. The van der Waals surface area contributed by atoms with Crippen LogP contribution in [0.15, 0.2) is 18.2 Å². The highest BCUT2D eigenvalue weighted by Crippen LogP contribution is 2.32. The minimum Gasteiger partial charge on any atom is -0.436 e. The van der Waals surface area contributed by atoms with E-state index < -0.39 is 35.8 Å². The van der Waals surface area contributed by atoms with E-state index in [0.717, 1.165) is 4.90 Å². The van der Waals surface area contributed by atoms with Crippen LogP contribution >= 0.6 is 0 Å². The zero-order chi connectivity index (χ0) is 18.8. The van der Waals surface area contributed by atoms with Gasteiger partial charge in [-0.2, -0.15) is 0 Å². The lowest BCUT2D eigenvalue weighted by Crippen LogP contribution is -2.54. The van der Waals surface area contributed by atoms with Crippen molar-refractivity contribution >= 4 is 35.4 Å². The van der Waals surface area contributed by atoms with Gasteiger partial charge in [0.2, 0.25) is 11.8 Å². The molecule has 1 atom stereocenters. The topological polar surface area (TPSA) is 122 Å². The lowest BCUT2D eigenvalue weighted by atomic mass is 10.0. The molecule has 2 heterocycles. The van der Waals surface area contributed by atoms with Crippen molar-refractivity contribution in [1.82, 2.24) is 10.2 Å². The molecule has 26 heavy (non-hydrogen) atoms. The summed E-state index contributed by atoms with van der Waals surface area (Å²) in [5.41, 5.74) is 0.0759. The van der Waals surface area contributed by atoms with Gasteiger partial charge in [-0.05, 0) is 18.6 Å². The van der Waals surface area contributed by atoms with Crippen LogP contribution < -0.4 is 10.6 Å². The van der Waals surface area contributed by atoms with Crippen LogP contribution in [0.2, 0.25) is 0 Å². The van der Waals surface area contributed by atoms with Crippen molar-refractivity contribution in [2.45, 2.75) is 18.9 Å². The van der Waals surface area contributed by atoms with Gasteiger partial charge in [0.05, 0.1) is 16.8 Å². The molecule has 0 radical (unpaired) electrons. The number of piperidine rings is 1. The average Bonchev–Trinajstić information content (AvgIpc) is 2.85. The summed E-state index contributed by atoms with van der Waals surface area (Å²) in [7, 11) is 0. The van der Waals surface area contributed by atoms with Gasteiger partial charge in [-0.15, -0.1) is 6.42 Å². The van der Waals surface area contributed by atoms with E-state index in [1.165, 1.54) is 18.2 Å². The SMILES string of the molecule is C#CCOC(=O)Nc1cccc2c1C(=O)N(C1CCC(=O)NC1=O)C2=O. The number of rotatable bonds is 3. The van der Waals surface area contributed by atoms with Gasteiger partial charge >= 0.3 is 6.09 Å². The average molecular weight is 355 g/mol. The Morgan fingerprint density at radius 1 is 1.31 bits per heavy atom. The molecule has 1 unspecified atom stereocenters. The maximum Gasteiger partial charge on any atom is 0.412 e. The number of fused-ring (bicyclic) bond motifs is 1. The lowest BCUT2D eigenvalue weighted by Gasteiger charge is -2.27. The van der Waals surface area contributed by atoms with E-state index in [9.17, 15) is 24.0 Å². The monoisotopic (exact) mass is 355 g/mol. The number of carbonyl (C=O) groups excluding carboxylic acids is 5. The fraction of sp³-hybridized carbons (Fsp3) is 0.235. The standard InChI is InChI=1S/C17H13N3O6/c1-2-8-26-17(25)18-10-5-3-4-9-13(10)16(24)20(15(9)23)11-6-7-12(21)19-14(11)22/h1,3-5,11H,6-8H2,(H,18,25)(H,19,21,22). The van der Waals surface area contributed by atoms with Crippen molar-refractivity contribution in [3.8, 4) is 12.3 Å². The molecule has 1 aromatic carbocycles. The number of ether oxygens (including phenoxy) is 1. The molecule has 0 bridgehead atoms. The largest absolute Gasteiger partial charge is 0.436 e. The second kappa shape index (κ2) is 6.68. The van der Waals surface area contributed by atoms with Crippen molar-refractivity contribution in [3.63, 3.8) is 0 Å². The summed E-state index contributed by atoms with van der Waals surface area (Å²) in [5.74, 6) is -0.436. The van der Waals surface area contributed by atoms with Crippen LogP contribution in [0.4, 0.5) is 10.5 Å². The third kappa shape index (κ3) is 2.88. The Balaban J connectivity index is 1.89. The first-order valence-electron chi connectivity index (χ1n) is 7.66. The number of nitrogens with one attached hydrogen (secondary N) is 2. The van der Waals surface area contributed by atoms with E-state index in [1.54, 1.807) is 0 Å². The Hall–Kier alpha value is -3.67. The molecule has 0 saturated carbocycles. The summed E-state index contributed by atoms with van der Waals surface area (Å²) in [4.78, 5) is 61.2. The molecule has 9 heteroatoms. The molecule has 132 valence electrons. The van der Waals surface area contributed by atoms with E-state index in [-0.39, 0.29) is 36.3 Å². The number of anilines is 1. The molecule has 2 aliphatic heterocycles. The van der Waals surface area contributed by atoms with Crippen molar-refractivity contribution in [2.24, 2.45) is 0 Å². The summed E-state index contributed by atoms with van der Waals surface area (Å²) >= 11 is 0. The molecule has 5 amide bonds. The number of carbonyl (C=O) groups is 5. The van der Waals surface area contributed by atoms with Gasteiger partial charge < -0.3 is 4.74 Å². The van der Waals surface area contributed by atoms with Gasteiger partial charge in [-0.25, -0.2) is 4.79 Å². The highest BCUT2D eigenvalue weighted by molar-refractivity contribution is 6.26. The molecule has 1 fully saturated rings. The number of terminal acetylenes is 1. The number of hydrogen-bond acceptors (Lipinski definition) is 6. The van der Waals surface area contributed by atoms with Crippen molar-refractivity contribution < 1.29 is 28.7 Å². The Morgan fingerprint density at radius 2 is 2.08 bits per heavy atom. The first-order chi connectivity index (χ1) is 12.4. The van der Waals surface area contributed by atoms with Crippen LogP contribution in [0.25, 0.3) is 0 Å². The van der Waals surface area contributed by atoms with Gasteiger partial charge in [0.1, 0.15) is 6.04 Å². The number of nitrogens with zero attached hydrogens (tertiary/aromatic N) is 1. The predicted octanol–water partition coefficient (Wildman–Crippen LogP) is 0.269. The Kier molecular flexibility index (Phi) is 4.41. The first-order valence-corrected chi connectivity index (χ1v) is 7.66. The summed E-state index contributed by atoms with van der Waals surface area (Å²) in [6.45, 7) is -0.254. The van der Waals surface area contributed by atoms with Gasteiger partial charge in [-0.3, -0.25) is 34.7 Å². The van der Waals surface area contributed by atoms with Crippen LogP contribution in [-0.4, -0.2) is 47.3 Å². The van der Waals surface area contributed by atoms with Crippen LogP contribution in [-0.2, 0) is 14.3 Å². The minimum absolute atomic E-state index is 0.0212. The number of imide groups is 2. The summed E-state index contributed by atoms with van der Waals surface area (Å²) in [6.07, 6.45) is 4.19. The first kappa shape index (κ1) is 17.2. The summed E-state index contributed by atoms with van der Waals surface area (Å²) in [5, 5.41) is 4.47. The number of benzene rings is 1. The third-order valence-corrected chi connectivity index (χ3v) is 3.99. The normalized spacial score (nSPS) is 18.9.